The van der Waals surface area contributed by atoms with Gasteiger partial charge in [0.2, 0.25) is 0 Å². The Kier molecular flexibility index (Phi) is 8.42. The number of aromatic nitrogens is 4. The summed E-state index contributed by atoms with van der Waals surface area (Å²) in [4.78, 5) is 15.3. The lowest BCUT2D eigenvalue weighted by molar-refractivity contribution is 0.669. The Bertz CT molecular complexity index is 3590. The first-order chi connectivity index (χ1) is 30.7. The van der Waals surface area contributed by atoms with Crippen molar-refractivity contribution in [3.8, 4) is 73.2 Å². The molecule has 12 rings (SSSR count). The van der Waals surface area contributed by atoms with Crippen LogP contribution in [0.25, 0.3) is 117 Å². The predicted molar refractivity (Wildman–Crippen MR) is 254 cm³/mol. The van der Waals surface area contributed by atoms with Gasteiger partial charge in [-0.3, -0.25) is 0 Å². The van der Waals surface area contributed by atoms with Gasteiger partial charge >= 0.3 is 0 Å². The van der Waals surface area contributed by atoms with Crippen LogP contribution in [0.1, 0.15) is 0 Å². The molecule has 0 fully saturated rings. The van der Waals surface area contributed by atoms with Crippen LogP contribution < -0.4 is 0 Å². The van der Waals surface area contributed by atoms with Crippen LogP contribution in [0.4, 0.5) is 0 Å². The summed E-state index contributed by atoms with van der Waals surface area (Å²) in [5.41, 5.74) is 14.7. The number of nitrogens with zero attached hydrogens (tertiary/aromatic N) is 4. The molecule has 0 saturated carbocycles. The predicted octanol–water partition coefficient (Wildman–Crippen LogP) is 14.9. The summed E-state index contributed by atoms with van der Waals surface area (Å²) in [5.74, 6) is 1.86. The number of fused-ring (bicyclic) bond motifs is 6. The molecule has 0 saturated heterocycles. The van der Waals surface area contributed by atoms with Crippen molar-refractivity contribution in [2.75, 3.05) is 0 Å². The van der Waals surface area contributed by atoms with Crippen LogP contribution in [0, 0.1) is 0 Å². The molecule has 0 aliphatic rings. The van der Waals surface area contributed by atoms with E-state index in [9.17, 15) is 0 Å². The minimum Gasteiger partial charge on any atom is -0.456 e. The van der Waals surface area contributed by atoms with Gasteiger partial charge in [0, 0.05) is 50.0 Å². The molecule has 9 aromatic carbocycles. The summed E-state index contributed by atoms with van der Waals surface area (Å²) in [6, 6.07) is 76.3. The van der Waals surface area contributed by atoms with Crippen LogP contribution in [0.2, 0.25) is 0 Å². The quantitative estimate of drug-likeness (QED) is 0.161. The molecular weight excluding hydrogens is 757 g/mol. The molecule has 0 unspecified atom stereocenters. The molecule has 3 heterocycles. The smallest absolute Gasteiger partial charge is 0.164 e. The number of para-hydroxylation sites is 2. The summed E-state index contributed by atoms with van der Waals surface area (Å²) >= 11 is 0. The lowest BCUT2D eigenvalue weighted by atomic mass is 10.0. The van der Waals surface area contributed by atoms with Gasteiger partial charge in [0.25, 0.3) is 0 Å². The lowest BCUT2D eigenvalue weighted by Gasteiger charge is -2.11. The average Bonchev–Trinajstić information content (AvgIpc) is 3.88. The van der Waals surface area contributed by atoms with Crippen LogP contribution >= 0.6 is 0 Å². The zero-order valence-electron chi connectivity index (χ0n) is 33.5. The van der Waals surface area contributed by atoms with Crippen molar-refractivity contribution in [2.24, 2.45) is 0 Å². The minimum atomic E-state index is 0.615. The topological polar surface area (TPSA) is 56.7 Å². The van der Waals surface area contributed by atoms with Crippen molar-refractivity contribution < 1.29 is 4.42 Å². The molecule has 3 aromatic heterocycles. The number of hydrogen-bond acceptors (Lipinski definition) is 4. The number of benzene rings is 9. The minimum absolute atomic E-state index is 0.615. The van der Waals surface area contributed by atoms with Gasteiger partial charge in [-0.15, -0.1) is 0 Å². The van der Waals surface area contributed by atoms with Crippen LogP contribution in [0.5, 0.6) is 0 Å². The van der Waals surface area contributed by atoms with Crippen molar-refractivity contribution in [3.63, 3.8) is 0 Å². The Labute approximate surface area is 357 Å². The lowest BCUT2D eigenvalue weighted by Crippen LogP contribution is -2.00. The van der Waals surface area contributed by atoms with Gasteiger partial charge in [-0.1, -0.05) is 170 Å². The van der Waals surface area contributed by atoms with E-state index >= 15 is 0 Å². The molecule has 0 atom stereocenters. The highest BCUT2D eigenvalue weighted by molar-refractivity contribution is 6.17. The van der Waals surface area contributed by atoms with E-state index in [0.717, 1.165) is 77.7 Å². The van der Waals surface area contributed by atoms with Gasteiger partial charge in [0.15, 0.2) is 17.5 Å². The second-order valence-corrected chi connectivity index (χ2v) is 15.6. The van der Waals surface area contributed by atoms with E-state index in [1.165, 1.54) is 21.9 Å². The zero-order valence-corrected chi connectivity index (χ0v) is 33.5. The van der Waals surface area contributed by atoms with Gasteiger partial charge < -0.3 is 8.98 Å². The van der Waals surface area contributed by atoms with Gasteiger partial charge in [0.05, 0.1) is 11.0 Å². The standard InChI is InChI=1S/C57H36N4O/c1-4-13-37(14-5-1)39-23-27-41(28-24-39)55-58-56(60-57(59-55)45-18-12-17-43(33-45)38-15-6-2-7-16-38)42-29-25-40(26-30-42)44-31-32-53-49(34-44)50-35-48-47-21-10-11-22-51(47)61(46-19-8-3-9-20-46)52(48)36-54(50)62-53/h1-36H. The molecule has 62 heavy (non-hydrogen) atoms. The van der Waals surface area contributed by atoms with E-state index in [4.69, 9.17) is 19.4 Å². The van der Waals surface area contributed by atoms with Crippen LogP contribution in [0.15, 0.2) is 223 Å². The second kappa shape index (κ2) is 14.7. The van der Waals surface area contributed by atoms with Gasteiger partial charge in [-0.25, -0.2) is 15.0 Å². The fourth-order valence-electron chi connectivity index (χ4n) is 8.76. The number of furan rings is 1. The van der Waals surface area contributed by atoms with E-state index in [2.05, 4.69) is 211 Å². The number of hydrogen-bond donors (Lipinski definition) is 0. The summed E-state index contributed by atoms with van der Waals surface area (Å²) in [6.07, 6.45) is 0. The molecule has 0 amide bonds. The molecule has 5 nitrogen and oxygen atoms in total. The Hall–Kier alpha value is -8.41. The highest BCUT2D eigenvalue weighted by Gasteiger charge is 2.18. The number of rotatable bonds is 7. The van der Waals surface area contributed by atoms with Crippen molar-refractivity contribution >= 4 is 43.7 Å². The molecule has 0 bridgehead atoms. The first-order valence-corrected chi connectivity index (χ1v) is 20.8. The highest BCUT2D eigenvalue weighted by Crippen LogP contribution is 2.40. The second-order valence-electron chi connectivity index (χ2n) is 15.6. The monoisotopic (exact) mass is 792 g/mol. The van der Waals surface area contributed by atoms with Gasteiger partial charge in [0.1, 0.15) is 11.2 Å². The molecule has 0 N–H and O–H groups in total. The van der Waals surface area contributed by atoms with E-state index < -0.39 is 0 Å². The van der Waals surface area contributed by atoms with Crippen molar-refractivity contribution in [2.45, 2.75) is 0 Å². The maximum Gasteiger partial charge on any atom is 0.164 e. The Balaban J connectivity index is 0.932. The first kappa shape index (κ1) is 35.5. The summed E-state index contributed by atoms with van der Waals surface area (Å²) in [5, 5.41) is 4.60. The van der Waals surface area contributed by atoms with Crippen LogP contribution in [-0.2, 0) is 0 Å². The van der Waals surface area contributed by atoms with Gasteiger partial charge in [-0.05, 0) is 75.8 Å². The largest absolute Gasteiger partial charge is 0.456 e. The molecular formula is C57H36N4O. The molecule has 12 aromatic rings. The van der Waals surface area contributed by atoms with Crippen molar-refractivity contribution in [3.05, 3.63) is 218 Å². The van der Waals surface area contributed by atoms with Crippen LogP contribution in [-0.4, -0.2) is 19.5 Å². The van der Waals surface area contributed by atoms with E-state index in [0.29, 0.717) is 17.5 Å². The maximum absolute atomic E-state index is 6.54. The van der Waals surface area contributed by atoms with E-state index in [1.54, 1.807) is 0 Å². The molecule has 0 aliphatic carbocycles. The Morgan fingerprint density at radius 3 is 1.42 bits per heavy atom. The SMILES string of the molecule is c1ccc(-c2ccc(-c3nc(-c4ccc(-c5ccc6oc7cc8c(cc7c6c5)c5ccccc5n8-c5ccccc5)cc4)nc(-c4cccc(-c5ccccc5)c4)n3)cc2)cc1. The average molecular weight is 793 g/mol. The third-order valence-corrected chi connectivity index (χ3v) is 11.9. The fourth-order valence-corrected chi connectivity index (χ4v) is 8.76. The zero-order chi connectivity index (χ0) is 41.0. The molecule has 0 spiro atoms. The fraction of sp³-hybridized carbons (Fsp3) is 0. The van der Waals surface area contributed by atoms with Crippen molar-refractivity contribution in [1.29, 1.82) is 0 Å². The van der Waals surface area contributed by atoms with Crippen LogP contribution in [0.3, 0.4) is 0 Å². The Morgan fingerprint density at radius 2 is 0.742 bits per heavy atom. The van der Waals surface area contributed by atoms with Gasteiger partial charge in [-0.2, -0.15) is 0 Å². The van der Waals surface area contributed by atoms with Crippen molar-refractivity contribution in [1.82, 2.24) is 19.5 Å². The van der Waals surface area contributed by atoms with E-state index in [-0.39, 0.29) is 0 Å². The third kappa shape index (κ3) is 6.23. The summed E-state index contributed by atoms with van der Waals surface area (Å²) in [7, 11) is 0. The first-order valence-electron chi connectivity index (χ1n) is 20.8. The Morgan fingerprint density at radius 1 is 0.274 bits per heavy atom. The summed E-state index contributed by atoms with van der Waals surface area (Å²) < 4.78 is 8.86. The van der Waals surface area contributed by atoms with E-state index in [1.807, 2.05) is 12.1 Å². The molecule has 290 valence electrons. The molecule has 5 heteroatoms. The molecule has 0 radical (unpaired) electrons. The third-order valence-electron chi connectivity index (χ3n) is 11.9. The molecule has 0 aliphatic heterocycles. The maximum atomic E-state index is 6.54. The summed E-state index contributed by atoms with van der Waals surface area (Å²) in [6.45, 7) is 0. The highest BCUT2D eigenvalue weighted by atomic mass is 16.3. The normalized spacial score (nSPS) is 11.5.